The molecule has 3 aromatic rings. The van der Waals surface area contributed by atoms with Crippen molar-refractivity contribution in [2.24, 2.45) is 0 Å². The molecule has 0 bridgehead atoms. The molecule has 1 aromatic carbocycles. The molecule has 0 amide bonds. The van der Waals surface area contributed by atoms with E-state index in [0.717, 1.165) is 17.6 Å². The number of nitrogens with zero attached hydrogens (tertiary/aromatic N) is 2. The third kappa shape index (κ3) is 1.83. The van der Waals surface area contributed by atoms with Crippen LogP contribution in [0.4, 0.5) is 0 Å². The molecule has 1 aliphatic rings. The lowest BCUT2D eigenvalue weighted by Crippen LogP contribution is -2.17. The Bertz CT molecular complexity index is 808. The first-order chi connectivity index (χ1) is 10.3. The van der Waals surface area contributed by atoms with E-state index < -0.39 is 0 Å². The van der Waals surface area contributed by atoms with Crippen LogP contribution in [0.2, 0.25) is 0 Å². The maximum Gasteiger partial charge on any atom is 0.238 e. The largest absolute Gasteiger partial charge is 0.479 e. The number of ether oxygens (including phenoxy) is 1. The lowest BCUT2D eigenvalue weighted by Gasteiger charge is -2.20. The van der Waals surface area contributed by atoms with Gasteiger partial charge in [-0.1, -0.05) is 18.2 Å². The zero-order chi connectivity index (χ0) is 14.4. The topological polar surface area (TPSA) is 41.1 Å². The van der Waals surface area contributed by atoms with Crippen molar-refractivity contribution in [3.05, 3.63) is 36.0 Å². The Hall–Kier alpha value is -2.07. The van der Waals surface area contributed by atoms with Crippen molar-refractivity contribution in [1.29, 1.82) is 0 Å². The number of aromatic amines is 1. The smallest absolute Gasteiger partial charge is 0.238 e. The number of likely N-dealkylation sites (tertiary alicyclic amines) is 1. The van der Waals surface area contributed by atoms with Gasteiger partial charge >= 0.3 is 0 Å². The fraction of sp³-hybridized carbons (Fsp3) is 0.353. The van der Waals surface area contributed by atoms with Crippen molar-refractivity contribution in [3.63, 3.8) is 0 Å². The normalized spacial score (nSPS) is 19.6. The second-order valence-corrected chi connectivity index (χ2v) is 5.78. The van der Waals surface area contributed by atoms with Crippen molar-refractivity contribution < 1.29 is 4.74 Å². The molecule has 4 rings (SSSR count). The summed E-state index contributed by atoms with van der Waals surface area (Å²) in [4.78, 5) is 10.4. The van der Waals surface area contributed by atoms with E-state index >= 15 is 0 Å². The summed E-state index contributed by atoms with van der Waals surface area (Å²) in [7, 11) is 3.87. The molecule has 1 aliphatic heterocycles. The van der Waals surface area contributed by atoms with Gasteiger partial charge in [0.15, 0.2) is 0 Å². The number of methoxy groups -OCH3 is 1. The molecule has 1 atom stereocenters. The standard InChI is InChI=1S/C17H19N3O/c1-20-9-5-8-14(20)12-10-18-17(21-2)16-15(12)11-6-3-4-7-13(11)19-16/h3-4,6-7,10,14,19H,5,8-9H2,1-2H3/t14-/m0/s1. The number of nitrogens with one attached hydrogen (secondary N) is 1. The van der Waals surface area contributed by atoms with Gasteiger partial charge in [0.05, 0.1) is 7.11 Å². The van der Waals surface area contributed by atoms with E-state index in [2.05, 4.69) is 46.2 Å². The van der Waals surface area contributed by atoms with Crippen LogP contribution in [0, 0.1) is 0 Å². The molecule has 4 heteroatoms. The molecule has 0 spiro atoms. The molecule has 0 saturated carbocycles. The van der Waals surface area contributed by atoms with Gasteiger partial charge in [-0.25, -0.2) is 4.98 Å². The molecule has 4 nitrogen and oxygen atoms in total. The summed E-state index contributed by atoms with van der Waals surface area (Å²) in [6.07, 6.45) is 4.43. The molecule has 108 valence electrons. The molecule has 1 fully saturated rings. The van der Waals surface area contributed by atoms with Gasteiger partial charge in [-0.05, 0) is 38.1 Å². The zero-order valence-corrected chi connectivity index (χ0v) is 12.4. The minimum atomic E-state index is 0.449. The van der Waals surface area contributed by atoms with Crippen LogP contribution in [0.25, 0.3) is 21.8 Å². The SMILES string of the molecule is COc1ncc([C@@H]2CCCN2C)c2c1[nH]c1ccccc12. The second kappa shape index (κ2) is 4.74. The summed E-state index contributed by atoms with van der Waals surface area (Å²) in [5.74, 6) is 0.672. The lowest BCUT2D eigenvalue weighted by molar-refractivity contribution is 0.318. The maximum atomic E-state index is 5.45. The Morgan fingerprint density at radius 1 is 1.33 bits per heavy atom. The number of fused-ring (bicyclic) bond motifs is 3. The highest BCUT2D eigenvalue weighted by molar-refractivity contribution is 6.10. The monoisotopic (exact) mass is 281 g/mol. The number of para-hydroxylation sites is 1. The zero-order valence-electron chi connectivity index (χ0n) is 12.4. The van der Waals surface area contributed by atoms with Crippen molar-refractivity contribution in [3.8, 4) is 5.88 Å². The van der Waals surface area contributed by atoms with Crippen LogP contribution >= 0.6 is 0 Å². The van der Waals surface area contributed by atoms with Crippen LogP contribution < -0.4 is 4.74 Å². The van der Waals surface area contributed by atoms with Crippen LogP contribution in [-0.4, -0.2) is 35.6 Å². The van der Waals surface area contributed by atoms with Gasteiger partial charge in [0.25, 0.3) is 0 Å². The number of rotatable bonds is 2. The summed E-state index contributed by atoms with van der Waals surface area (Å²) in [6, 6.07) is 8.87. The summed E-state index contributed by atoms with van der Waals surface area (Å²) in [5.41, 5.74) is 3.46. The van der Waals surface area contributed by atoms with E-state index in [1.54, 1.807) is 7.11 Å². The number of benzene rings is 1. The van der Waals surface area contributed by atoms with Crippen molar-refractivity contribution in [1.82, 2.24) is 14.9 Å². The first-order valence-corrected chi connectivity index (χ1v) is 7.43. The lowest BCUT2D eigenvalue weighted by atomic mass is 10.0. The molecular formula is C17H19N3O. The second-order valence-electron chi connectivity index (χ2n) is 5.78. The summed E-state index contributed by atoms with van der Waals surface area (Å²) < 4.78 is 5.45. The Labute approximate surface area is 123 Å². The highest BCUT2D eigenvalue weighted by Gasteiger charge is 2.26. The highest BCUT2D eigenvalue weighted by atomic mass is 16.5. The van der Waals surface area contributed by atoms with Gasteiger partial charge in [0.2, 0.25) is 5.88 Å². The van der Waals surface area contributed by atoms with Gasteiger partial charge in [0, 0.05) is 28.5 Å². The van der Waals surface area contributed by atoms with Crippen molar-refractivity contribution in [2.75, 3.05) is 20.7 Å². The highest BCUT2D eigenvalue weighted by Crippen LogP contribution is 2.39. The fourth-order valence-electron chi connectivity index (χ4n) is 3.57. The minimum Gasteiger partial charge on any atom is -0.479 e. The summed E-state index contributed by atoms with van der Waals surface area (Å²) in [5, 5.41) is 2.51. The molecule has 0 aliphatic carbocycles. The number of hydrogen-bond donors (Lipinski definition) is 1. The molecule has 3 heterocycles. The molecule has 2 aromatic heterocycles. The summed E-state index contributed by atoms with van der Waals surface area (Å²) >= 11 is 0. The molecule has 21 heavy (non-hydrogen) atoms. The van der Waals surface area contributed by atoms with E-state index in [1.807, 2.05) is 6.20 Å². The van der Waals surface area contributed by atoms with Gasteiger partial charge in [0.1, 0.15) is 5.52 Å². The van der Waals surface area contributed by atoms with Gasteiger partial charge in [-0.15, -0.1) is 0 Å². The van der Waals surface area contributed by atoms with Gasteiger partial charge in [-0.3, -0.25) is 4.90 Å². The molecule has 0 unspecified atom stereocenters. The van der Waals surface area contributed by atoms with Crippen LogP contribution in [0.15, 0.2) is 30.5 Å². The minimum absolute atomic E-state index is 0.449. The number of hydrogen-bond acceptors (Lipinski definition) is 3. The molecule has 1 N–H and O–H groups in total. The molecular weight excluding hydrogens is 262 g/mol. The third-order valence-electron chi connectivity index (χ3n) is 4.60. The van der Waals surface area contributed by atoms with Crippen LogP contribution in [-0.2, 0) is 0 Å². The quantitative estimate of drug-likeness (QED) is 0.781. The van der Waals surface area contributed by atoms with Crippen LogP contribution in [0.5, 0.6) is 5.88 Å². The summed E-state index contributed by atoms with van der Waals surface area (Å²) in [6.45, 7) is 1.15. The Morgan fingerprint density at radius 2 is 2.19 bits per heavy atom. The van der Waals surface area contributed by atoms with E-state index in [4.69, 9.17) is 4.74 Å². The molecule has 0 radical (unpaired) electrons. The van der Waals surface area contributed by atoms with E-state index in [-0.39, 0.29) is 0 Å². The Kier molecular flexibility index (Phi) is 2.86. The van der Waals surface area contributed by atoms with Gasteiger partial charge in [-0.2, -0.15) is 0 Å². The van der Waals surface area contributed by atoms with Crippen LogP contribution in [0.1, 0.15) is 24.4 Å². The average molecular weight is 281 g/mol. The number of pyridine rings is 1. The fourth-order valence-corrected chi connectivity index (χ4v) is 3.57. The number of H-pyrrole nitrogens is 1. The first kappa shape index (κ1) is 12.7. The van der Waals surface area contributed by atoms with Crippen molar-refractivity contribution in [2.45, 2.75) is 18.9 Å². The maximum absolute atomic E-state index is 5.45. The Morgan fingerprint density at radius 3 is 2.95 bits per heavy atom. The van der Waals surface area contributed by atoms with Crippen molar-refractivity contribution >= 4 is 21.8 Å². The third-order valence-corrected chi connectivity index (χ3v) is 4.60. The van der Waals surface area contributed by atoms with Gasteiger partial charge < -0.3 is 9.72 Å². The predicted octanol–water partition coefficient (Wildman–Crippen LogP) is 3.49. The molecule has 1 saturated heterocycles. The van der Waals surface area contributed by atoms with Crippen LogP contribution in [0.3, 0.4) is 0 Å². The van der Waals surface area contributed by atoms with E-state index in [1.165, 1.54) is 29.2 Å². The van der Waals surface area contributed by atoms with E-state index in [0.29, 0.717) is 11.9 Å². The Balaban J connectivity index is 2.07. The predicted molar refractivity (Wildman–Crippen MR) is 84.8 cm³/mol. The first-order valence-electron chi connectivity index (χ1n) is 7.43. The van der Waals surface area contributed by atoms with E-state index in [9.17, 15) is 0 Å². The number of aromatic nitrogens is 2. The average Bonchev–Trinajstić information content (AvgIpc) is 3.10.